The lowest BCUT2D eigenvalue weighted by atomic mass is 10.1. The average molecular weight is 493 g/mol. The van der Waals surface area contributed by atoms with Gasteiger partial charge in [-0.3, -0.25) is 0 Å². The molecule has 0 amide bonds. The van der Waals surface area contributed by atoms with E-state index in [0.717, 1.165) is 32.8 Å². The van der Waals surface area contributed by atoms with Crippen LogP contribution < -0.4 is 0 Å². The summed E-state index contributed by atoms with van der Waals surface area (Å²) in [6.07, 6.45) is 0. The van der Waals surface area contributed by atoms with Gasteiger partial charge in [-0.05, 0) is 11.5 Å². The van der Waals surface area contributed by atoms with Crippen LogP contribution in [0.15, 0.2) is 121 Å². The topological polar surface area (TPSA) is 51.6 Å². The fourth-order valence-corrected chi connectivity index (χ4v) is 5.58. The quantitative estimate of drug-likeness (QED) is 0.248. The van der Waals surface area contributed by atoms with Gasteiger partial charge in [0, 0.05) is 27.6 Å². The Hall–Kier alpha value is -4.74. The Morgan fingerprint density at radius 2 is 0.919 bits per heavy atom. The largest absolute Gasteiger partial charge is 0.236 e. The molecule has 4 nitrogen and oxygen atoms in total. The predicted molar refractivity (Wildman–Crippen MR) is 152 cm³/mol. The lowest BCUT2D eigenvalue weighted by Gasteiger charge is -2.08. The summed E-state index contributed by atoms with van der Waals surface area (Å²) < 4.78 is 1.22. The third kappa shape index (κ3) is 4.05. The molecule has 0 atom stereocenters. The van der Waals surface area contributed by atoms with Gasteiger partial charge in [-0.15, -0.1) is 11.3 Å². The van der Waals surface area contributed by atoms with Gasteiger partial charge >= 0.3 is 0 Å². The summed E-state index contributed by atoms with van der Waals surface area (Å²) in [6.45, 7) is 0. The maximum Gasteiger partial charge on any atom is 0.164 e. The lowest BCUT2D eigenvalue weighted by molar-refractivity contribution is 1.07. The molecule has 0 unspecified atom stereocenters. The molecule has 5 aromatic carbocycles. The summed E-state index contributed by atoms with van der Waals surface area (Å²) in [5.41, 5.74) is 4.96. The first-order chi connectivity index (χ1) is 18.3. The molecule has 7 rings (SSSR count). The van der Waals surface area contributed by atoms with Crippen LogP contribution in [0.25, 0.3) is 65.7 Å². The van der Waals surface area contributed by atoms with Gasteiger partial charge in [0.1, 0.15) is 5.01 Å². The Labute approximate surface area is 218 Å². The van der Waals surface area contributed by atoms with Crippen LogP contribution in [0, 0.1) is 0 Å². The van der Waals surface area contributed by atoms with Gasteiger partial charge in [0.05, 0.1) is 10.2 Å². The molecule has 0 aliphatic rings. The zero-order valence-corrected chi connectivity index (χ0v) is 20.6. The molecule has 2 heterocycles. The van der Waals surface area contributed by atoms with E-state index in [0.29, 0.717) is 17.5 Å². The maximum absolute atomic E-state index is 4.92. The Balaban J connectivity index is 1.30. The van der Waals surface area contributed by atoms with E-state index in [-0.39, 0.29) is 0 Å². The van der Waals surface area contributed by atoms with Crippen LogP contribution in [-0.4, -0.2) is 19.9 Å². The fraction of sp³-hybridized carbons (Fsp3) is 0. The molecule has 37 heavy (non-hydrogen) atoms. The number of hydrogen-bond acceptors (Lipinski definition) is 5. The summed E-state index contributed by atoms with van der Waals surface area (Å²) >= 11 is 1.73. The molecule has 0 bridgehead atoms. The third-order valence-corrected chi connectivity index (χ3v) is 7.52. The van der Waals surface area contributed by atoms with Crippen LogP contribution in [0.5, 0.6) is 0 Å². The second-order valence-corrected chi connectivity index (χ2v) is 9.77. The van der Waals surface area contributed by atoms with E-state index >= 15 is 0 Å². The number of aromatic nitrogens is 4. The van der Waals surface area contributed by atoms with Crippen molar-refractivity contribution in [2.24, 2.45) is 0 Å². The van der Waals surface area contributed by atoms with Gasteiger partial charge in [0.25, 0.3) is 0 Å². The zero-order valence-electron chi connectivity index (χ0n) is 19.7. The Morgan fingerprint density at radius 1 is 0.405 bits per heavy atom. The lowest BCUT2D eigenvalue weighted by Crippen LogP contribution is -2.00. The highest BCUT2D eigenvalue weighted by atomic mass is 32.1. The minimum Gasteiger partial charge on any atom is -0.236 e. The van der Waals surface area contributed by atoms with E-state index in [9.17, 15) is 0 Å². The van der Waals surface area contributed by atoms with E-state index in [1.807, 2.05) is 60.7 Å². The first-order valence-electron chi connectivity index (χ1n) is 12.1. The highest BCUT2D eigenvalue weighted by Crippen LogP contribution is 2.35. The van der Waals surface area contributed by atoms with Crippen LogP contribution in [0.3, 0.4) is 0 Å². The fourth-order valence-electron chi connectivity index (χ4n) is 4.48. The smallest absolute Gasteiger partial charge is 0.164 e. The first-order valence-corrected chi connectivity index (χ1v) is 12.9. The van der Waals surface area contributed by atoms with Crippen molar-refractivity contribution in [2.45, 2.75) is 0 Å². The molecule has 0 spiro atoms. The second kappa shape index (κ2) is 9.04. The van der Waals surface area contributed by atoms with Crippen LogP contribution >= 0.6 is 11.3 Å². The van der Waals surface area contributed by atoms with Crippen LogP contribution in [0.4, 0.5) is 0 Å². The van der Waals surface area contributed by atoms with Gasteiger partial charge in [-0.1, -0.05) is 115 Å². The molecule has 0 radical (unpaired) electrons. The van der Waals surface area contributed by atoms with Gasteiger partial charge < -0.3 is 0 Å². The summed E-state index contributed by atoms with van der Waals surface area (Å²) in [5.74, 6) is 1.97. The van der Waals surface area contributed by atoms with Crippen molar-refractivity contribution in [2.75, 3.05) is 0 Å². The molecule has 0 aliphatic heterocycles. The van der Waals surface area contributed by atoms with Crippen molar-refractivity contribution < 1.29 is 0 Å². The Kier molecular flexibility index (Phi) is 5.26. The Morgan fingerprint density at radius 3 is 1.54 bits per heavy atom. The minimum absolute atomic E-state index is 0.648. The van der Waals surface area contributed by atoms with Crippen molar-refractivity contribution in [3.63, 3.8) is 0 Å². The van der Waals surface area contributed by atoms with Crippen molar-refractivity contribution >= 4 is 32.3 Å². The molecule has 0 fully saturated rings. The molecule has 0 N–H and O–H groups in total. The van der Waals surface area contributed by atoms with Crippen molar-refractivity contribution in [1.82, 2.24) is 19.9 Å². The number of benzene rings is 5. The first kappa shape index (κ1) is 21.5. The van der Waals surface area contributed by atoms with Gasteiger partial charge in [0.15, 0.2) is 17.5 Å². The van der Waals surface area contributed by atoms with E-state index in [4.69, 9.17) is 19.9 Å². The van der Waals surface area contributed by atoms with Crippen LogP contribution in [-0.2, 0) is 0 Å². The molecule has 7 aromatic rings. The van der Waals surface area contributed by atoms with E-state index in [1.165, 1.54) is 15.5 Å². The molecular weight excluding hydrogens is 472 g/mol. The number of hydrogen-bond donors (Lipinski definition) is 0. The van der Waals surface area contributed by atoms with E-state index in [1.54, 1.807) is 11.3 Å². The maximum atomic E-state index is 4.92. The minimum atomic E-state index is 0.648. The zero-order chi connectivity index (χ0) is 24.6. The number of fused-ring (bicyclic) bond motifs is 3. The van der Waals surface area contributed by atoms with Crippen LogP contribution in [0.2, 0.25) is 0 Å². The molecule has 5 heteroatoms. The van der Waals surface area contributed by atoms with Gasteiger partial charge in [0.2, 0.25) is 0 Å². The predicted octanol–water partition coefficient (Wildman–Crippen LogP) is 8.30. The average Bonchev–Trinajstić information content (AvgIpc) is 3.43. The van der Waals surface area contributed by atoms with Crippen molar-refractivity contribution in [3.05, 3.63) is 121 Å². The molecular formula is C32H20N4S. The second-order valence-electron chi connectivity index (χ2n) is 8.77. The Bertz CT molecular complexity index is 1800. The normalized spacial score (nSPS) is 11.2. The molecule has 0 saturated carbocycles. The number of nitrogens with zero attached hydrogens (tertiary/aromatic N) is 4. The molecule has 0 saturated heterocycles. The molecule has 0 aliphatic carbocycles. The highest BCUT2D eigenvalue weighted by molar-refractivity contribution is 7.22. The SMILES string of the molecule is c1ccc(-c2nc(-c3ccccc3)nc(-c3ccc(-c4nc5ccc6ccccc6c5s4)cc3)n2)cc1. The number of rotatable bonds is 4. The third-order valence-electron chi connectivity index (χ3n) is 6.37. The van der Waals surface area contributed by atoms with E-state index in [2.05, 4.69) is 60.7 Å². The summed E-state index contributed by atoms with van der Waals surface area (Å²) in [4.78, 5) is 19.4. The number of thiazole rings is 1. The van der Waals surface area contributed by atoms with Crippen molar-refractivity contribution in [3.8, 4) is 44.7 Å². The van der Waals surface area contributed by atoms with Gasteiger partial charge in [-0.25, -0.2) is 19.9 Å². The molecule has 2 aromatic heterocycles. The van der Waals surface area contributed by atoms with E-state index < -0.39 is 0 Å². The van der Waals surface area contributed by atoms with Crippen molar-refractivity contribution in [1.29, 1.82) is 0 Å². The summed E-state index contributed by atoms with van der Waals surface area (Å²) in [6, 6.07) is 41.1. The standard InChI is InChI=1S/C32H20N4S/c1-3-10-22(11-4-1)29-34-30(23-12-5-2-6-13-23)36-31(35-29)24-15-17-25(18-16-24)32-33-27-20-19-21-9-7-8-14-26(21)28(27)37-32/h1-20H. The highest BCUT2D eigenvalue weighted by Gasteiger charge is 2.13. The van der Waals surface area contributed by atoms with Gasteiger partial charge in [-0.2, -0.15) is 0 Å². The monoisotopic (exact) mass is 492 g/mol. The summed E-state index contributed by atoms with van der Waals surface area (Å²) in [5, 5.41) is 3.48. The van der Waals surface area contributed by atoms with Crippen LogP contribution in [0.1, 0.15) is 0 Å². The summed E-state index contributed by atoms with van der Waals surface area (Å²) in [7, 11) is 0. The molecule has 174 valence electrons.